The second-order valence-electron chi connectivity index (χ2n) is 6.37. The monoisotopic (exact) mass is 392 g/mol. The molecule has 2 rings (SSSR count). The van der Waals surface area contributed by atoms with E-state index in [1.54, 1.807) is 24.3 Å². The van der Waals surface area contributed by atoms with Gasteiger partial charge in [-0.05, 0) is 36.0 Å². The van der Waals surface area contributed by atoms with Crippen LogP contribution < -0.4 is 0 Å². The van der Waals surface area contributed by atoms with Crippen LogP contribution in [0, 0.1) is 0 Å². The molecular formula is C18H23F3O4S. The Balaban J connectivity index is 2.16. The smallest absolute Gasteiger partial charge is 0.388 e. The molecule has 0 aromatic heterocycles. The topological polar surface area (TPSA) is 63.6 Å². The molecule has 8 heteroatoms. The van der Waals surface area contributed by atoms with Gasteiger partial charge < -0.3 is 9.29 Å². The minimum Gasteiger partial charge on any atom is -0.388 e. The van der Waals surface area contributed by atoms with E-state index in [2.05, 4.69) is 11.1 Å². The summed E-state index contributed by atoms with van der Waals surface area (Å²) in [5.41, 5.74) is -3.64. The van der Waals surface area contributed by atoms with Crippen molar-refractivity contribution in [2.75, 3.05) is 0 Å². The van der Waals surface area contributed by atoms with Gasteiger partial charge >= 0.3 is 15.6 Å². The maximum atomic E-state index is 12.5. The molecule has 1 aromatic rings. The van der Waals surface area contributed by atoms with Crippen LogP contribution in [0.1, 0.15) is 69.1 Å². The molecular weight excluding hydrogens is 369 g/mol. The summed E-state index contributed by atoms with van der Waals surface area (Å²) in [6, 6.07) is 6.80. The molecule has 4 nitrogen and oxygen atoms in total. The summed E-state index contributed by atoms with van der Waals surface area (Å²) in [7, 11) is -5.65. The van der Waals surface area contributed by atoms with Gasteiger partial charge in [-0.2, -0.15) is 21.6 Å². The number of hydrogen-bond donors (Lipinski definition) is 1. The van der Waals surface area contributed by atoms with E-state index in [0.717, 1.165) is 24.8 Å². The number of allylic oxidation sites excluding steroid dienone is 2. The zero-order valence-electron chi connectivity index (χ0n) is 14.6. The molecule has 1 N–H and O–H groups in total. The standard InChI is InChI=1S/C18H23F3O4S/c1-2-3-4-7-16(22)14-11-9-13(10-12-14)15-6-5-8-17(15)25-26(23,24)18(19,20)21/h9-12,16,22H,2-8H2,1H3. The molecule has 1 aromatic carbocycles. The van der Waals surface area contributed by atoms with Crippen molar-refractivity contribution in [2.24, 2.45) is 0 Å². The van der Waals surface area contributed by atoms with Crippen LogP contribution in [0.15, 0.2) is 30.0 Å². The zero-order valence-corrected chi connectivity index (χ0v) is 15.4. The summed E-state index contributed by atoms with van der Waals surface area (Å²) < 4.78 is 64.4. The van der Waals surface area contributed by atoms with Gasteiger partial charge in [0, 0.05) is 6.42 Å². The minimum absolute atomic E-state index is 0.145. The lowest BCUT2D eigenvalue weighted by Gasteiger charge is -2.14. The van der Waals surface area contributed by atoms with Gasteiger partial charge in [-0.3, -0.25) is 0 Å². The average Bonchev–Trinajstić information content (AvgIpc) is 3.01. The lowest BCUT2D eigenvalue weighted by molar-refractivity contribution is -0.0522. The molecule has 1 aliphatic carbocycles. The molecule has 1 aliphatic rings. The third kappa shape index (κ3) is 5.01. The molecule has 0 saturated heterocycles. The Kier molecular flexibility index (Phi) is 6.74. The first-order valence-corrected chi connectivity index (χ1v) is 10.1. The van der Waals surface area contributed by atoms with Crippen molar-refractivity contribution in [3.8, 4) is 0 Å². The minimum atomic E-state index is -5.65. The molecule has 0 fully saturated rings. The predicted octanol–water partition coefficient (Wildman–Crippen LogP) is 5.06. The Morgan fingerprint density at radius 1 is 1.15 bits per heavy atom. The summed E-state index contributed by atoms with van der Waals surface area (Å²) >= 11 is 0. The SMILES string of the molecule is CCCCCC(O)c1ccc(C2=C(OS(=O)(=O)C(F)(F)F)CCC2)cc1. The van der Waals surface area contributed by atoms with Gasteiger partial charge in [-0.1, -0.05) is 50.5 Å². The van der Waals surface area contributed by atoms with Gasteiger partial charge in [0.25, 0.3) is 0 Å². The third-order valence-corrected chi connectivity index (χ3v) is 5.37. The van der Waals surface area contributed by atoms with Crippen LogP contribution in [0.3, 0.4) is 0 Å². The largest absolute Gasteiger partial charge is 0.534 e. The highest BCUT2D eigenvalue weighted by Gasteiger charge is 2.49. The van der Waals surface area contributed by atoms with E-state index in [-0.39, 0.29) is 12.2 Å². The number of alkyl halides is 3. The molecule has 0 aliphatic heterocycles. The summed E-state index contributed by atoms with van der Waals surface area (Å²) in [4.78, 5) is 0. The van der Waals surface area contributed by atoms with Crippen LogP contribution in [0.2, 0.25) is 0 Å². The van der Waals surface area contributed by atoms with Gasteiger partial charge in [-0.25, -0.2) is 0 Å². The summed E-state index contributed by atoms with van der Waals surface area (Å²) in [6.45, 7) is 2.08. The number of unbranched alkanes of at least 4 members (excludes halogenated alkanes) is 2. The fourth-order valence-corrected chi connectivity index (χ4v) is 3.50. The van der Waals surface area contributed by atoms with E-state index in [1.807, 2.05) is 0 Å². The number of rotatable bonds is 8. The Labute approximate surface area is 151 Å². The fourth-order valence-electron chi connectivity index (χ4n) is 2.95. The van der Waals surface area contributed by atoms with Crippen molar-refractivity contribution in [2.45, 2.75) is 63.5 Å². The number of aliphatic hydroxyl groups is 1. The Hall–Kier alpha value is -1.54. The summed E-state index contributed by atoms with van der Waals surface area (Å²) in [5.74, 6) is -0.154. The van der Waals surface area contributed by atoms with Crippen molar-refractivity contribution in [1.29, 1.82) is 0 Å². The molecule has 0 heterocycles. The van der Waals surface area contributed by atoms with Crippen molar-refractivity contribution in [3.63, 3.8) is 0 Å². The van der Waals surface area contributed by atoms with E-state index in [9.17, 15) is 26.7 Å². The number of aliphatic hydroxyl groups excluding tert-OH is 1. The number of benzene rings is 1. The molecule has 0 bridgehead atoms. The lowest BCUT2D eigenvalue weighted by atomic mass is 9.99. The highest BCUT2D eigenvalue weighted by atomic mass is 32.2. The quantitative estimate of drug-likeness (QED) is 0.381. The van der Waals surface area contributed by atoms with E-state index in [1.165, 1.54) is 0 Å². The second kappa shape index (κ2) is 8.43. The number of halogens is 3. The molecule has 146 valence electrons. The third-order valence-electron chi connectivity index (χ3n) is 4.39. The summed E-state index contributed by atoms with van der Waals surface area (Å²) in [5, 5.41) is 10.2. The molecule has 26 heavy (non-hydrogen) atoms. The van der Waals surface area contributed by atoms with Gasteiger partial charge in [0.2, 0.25) is 0 Å². The van der Waals surface area contributed by atoms with E-state index < -0.39 is 21.7 Å². The molecule has 0 spiro atoms. The lowest BCUT2D eigenvalue weighted by Crippen LogP contribution is -2.25. The van der Waals surface area contributed by atoms with E-state index in [4.69, 9.17) is 0 Å². The molecule has 0 radical (unpaired) electrons. The molecule has 1 unspecified atom stereocenters. The van der Waals surface area contributed by atoms with Crippen LogP contribution >= 0.6 is 0 Å². The van der Waals surface area contributed by atoms with Gasteiger partial charge in [0.05, 0.1) is 6.10 Å². The van der Waals surface area contributed by atoms with E-state index >= 15 is 0 Å². The Bertz CT molecular complexity index is 737. The normalized spacial score (nSPS) is 16.8. The first kappa shape index (κ1) is 20.8. The molecule has 1 atom stereocenters. The zero-order chi connectivity index (χ0) is 19.4. The second-order valence-corrected chi connectivity index (χ2v) is 7.91. The van der Waals surface area contributed by atoms with Crippen LogP contribution in [-0.2, 0) is 14.3 Å². The van der Waals surface area contributed by atoms with Crippen molar-refractivity contribution in [3.05, 3.63) is 41.2 Å². The van der Waals surface area contributed by atoms with Crippen LogP contribution in [0.4, 0.5) is 13.2 Å². The maximum absolute atomic E-state index is 12.5. The summed E-state index contributed by atoms with van der Waals surface area (Å²) in [6.07, 6.45) is 4.19. The van der Waals surface area contributed by atoms with Crippen molar-refractivity contribution in [1.82, 2.24) is 0 Å². The Morgan fingerprint density at radius 3 is 2.38 bits per heavy atom. The first-order valence-electron chi connectivity index (χ1n) is 8.67. The van der Waals surface area contributed by atoms with E-state index in [0.29, 0.717) is 30.4 Å². The van der Waals surface area contributed by atoms with Gasteiger partial charge in [-0.15, -0.1) is 0 Å². The first-order chi connectivity index (χ1) is 12.2. The molecule has 0 amide bonds. The number of hydrogen-bond acceptors (Lipinski definition) is 4. The Morgan fingerprint density at radius 2 is 1.81 bits per heavy atom. The maximum Gasteiger partial charge on any atom is 0.534 e. The highest BCUT2D eigenvalue weighted by Crippen LogP contribution is 2.38. The van der Waals surface area contributed by atoms with Crippen LogP contribution in [-0.4, -0.2) is 19.0 Å². The van der Waals surface area contributed by atoms with Crippen LogP contribution in [0.5, 0.6) is 0 Å². The fraction of sp³-hybridized carbons (Fsp3) is 0.556. The average molecular weight is 392 g/mol. The van der Waals surface area contributed by atoms with Gasteiger partial charge in [0.15, 0.2) is 0 Å². The van der Waals surface area contributed by atoms with Crippen molar-refractivity contribution < 1.29 is 30.9 Å². The molecule has 0 saturated carbocycles. The predicted molar refractivity (Wildman–Crippen MR) is 92.4 cm³/mol. The highest BCUT2D eigenvalue weighted by molar-refractivity contribution is 7.87. The van der Waals surface area contributed by atoms with Crippen molar-refractivity contribution >= 4 is 15.7 Å². The van der Waals surface area contributed by atoms with Gasteiger partial charge in [0.1, 0.15) is 5.76 Å². The van der Waals surface area contributed by atoms with Crippen LogP contribution in [0.25, 0.3) is 5.57 Å².